The summed E-state index contributed by atoms with van der Waals surface area (Å²) in [4.78, 5) is 9.95. The molecule has 0 aliphatic carbocycles. The fraction of sp³-hybridized carbons (Fsp3) is 0.381. The Kier molecular flexibility index (Phi) is 4.66. The molecule has 3 heterocycles. The van der Waals surface area contributed by atoms with Gasteiger partial charge in [-0.3, -0.25) is 4.90 Å². The average Bonchev–Trinajstić information content (AvgIpc) is 3.01. The molecule has 5 nitrogen and oxygen atoms in total. The summed E-state index contributed by atoms with van der Waals surface area (Å²) in [6.45, 7) is 10.8. The number of hydrogen-bond acceptors (Lipinski definition) is 4. The lowest BCUT2D eigenvalue weighted by molar-refractivity contribution is 0.131. The number of pyridine rings is 1. The minimum Gasteiger partial charge on any atom is -0.398 e. The van der Waals surface area contributed by atoms with Crippen molar-refractivity contribution in [3.8, 4) is 11.3 Å². The third-order valence-corrected chi connectivity index (χ3v) is 5.35. The van der Waals surface area contributed by atoms with Gasteiger partial charge in [0.2, 0.25) is 0 Å². The topological polar surface area (TPSA) is 49.8 Å². The largest absolute Gasteiger partial charge is 0.398 e. The molecule has 5 heteroatoms. The maximum Gasteiger partial charge on any atom is 0.137 e. The number of piperazine rings is 1. The van der Waals surface area contributed by atoms with Crippen LogP contribution in [-0.4, -0.2) is 51.9 Å². The van der Waals surface area contributed by atoms with Gasteiger partial charge in [-0.15, -0.1) is 0 Å². The van der Waals surface area contributed by atoms with E-state index in [0.29, 0.717) is 0 Å². The van der Waals surface area contributed by atoms with Crippen molar-refractivity contribution in [2.45, 2.75) is 20.4 Å². The molecule has 136 valence electrons. The zero-order valence-electron chi connectivity index (χ0n) is 15.7. The second kappa shape index (κ2) is 7.09. The molecule has 2 N–H and O–H groups in total. The van der Waals surface area contributed by atoms with E-state index in [4.69, 9.17) is 10.7 Å². The van der Waals surface area contributed by atoms with Crippen molar-refractivity contribution in [2.75, 3.05) is 38.5 Å². The van der Waals surface area contributed by atoms with Crippen molar-refractivity contribution in [1.82, 2.24) is 19.2 Å². The molecule has 0 saturated carbocycles. The van der Waals surface area contributed by atoms with Crippen LogP contribution >= 0.6 is 0 Å². The van der Waals surface area contributed by atoms with Gasteiger partial charge in [0.15, 0.2) is 0 Å². The molecule has 1 aliphatic rings. The van der Waals surface area contributed by atoms with E-state index < -0.39 is 0 Å². The smallest absolute Gasteiger partial charge is 0.137 e. The van der Waals surface area contributed by atoms with Crippen molar-refractivity contribution in [1.29, 1.82) is 0 Å². The second-order valence-electron chi connectivity index (χ2n) is 7.17. The first-order chi connectivity index (χ1) is 12.6. The van der Waals surface area contributed by atoms with Gasteiger partial charge in [-0.25, -0.2) is 4.98 Å². The minimum atomic E-state index is 0.766. The Balaban J connectivity index is 1.72. The highest BCUT2D eigenvalue weighted by molar-refractivity contribution is 5.67. The van der Waals surface area contributed by atoms with Crippen LogP contribution in [0.1, 0.15) is 18.2 Å². The maximum absolute atomic E-state index is 6.06. The molecule has 0 atom stereocenters. The third kappa shape index (κ3) is 3.32. The molecule has 1 aromatic carbocycles. The molecule has 0 unspecified atom stereocenters. The van der Waals surface area contributed by atoms with Gasteiger partial charge in [-0.05, 0) is 25.6 Å². The van der Waals surface area contributed by atoms with E-state index in [1.807, 2.05) is 18.3 Å². The highest BCUT2D eigenvalue weighted by Gasteiger charge is 2.20. The van der Waals surface area contributed by atoms with Crippen LogP contribution < -0.4 is 5.73 Å². The number of benzene rings is 1. The van der Waals surface area contributed by atoms with Crippen molar-refractivity contribution < 1.29 is 0 Å². The summed E-state index contributed by atoms with van der Waals surface area (Å²) in [5.41, 5.74) is 12.5. The van der Waals surface area contributed by atoms with Crippen LogP contribution in [0, 0.1) is 6.92 Å². The number of aromatic nitrogens is 2. The molecular weight excluding hydrogens is 322 g/mol. The summed E-state index contributed by atoms with van der Waals surface area (Å²) in [7, 11) is 0. The Morgan fingerprint density at radius 1 is 0.962 bits per heavy atom. The van der Waals surface area contributed by atoms with E-state index in [-0.39, 0.29) is 0 Å². The van der Waals surface area contributed by atoms with E-state index in [2.05, 4.69) is 52.3 Å². The Labute approximate surface area is 155 Å². The number of imidazole rings is 1. The maximum atomic E-state index is 6.06. The number of rotatable bonds is 4. The Morgan fingerprint density at radius 2 is 1.65 bits per heavy atom. The molecule has 3 aromatic rings. The van der Waals surface area contributed by atoms with Crippen LogP contribution in [-0.2, 0) is 6.54 Å². The van der Waals surface area contributed by atoms with Crippen LogP contribution in [0.25, 0.3) is 16.9 Å². The van der Waals surface area contributed by atoms with Crippen molar-refractivity contribution in [3.63, 3.8) is 0 Å². The number of likely N-dealkylation sites (N-methyl/N-ethyl adjacent to an activating group) is 1. The first-order valence-corrected chi connectivity index (χ1v) is 9.42. The van der Waals surface area contributed by atoms with Crippen molar-refractivity contribution in [2.24, 2.45) is 0 Å². The van der Waals surface area contributed by atoms with Gasteiger partial charge in [0.1, 0.15) is 5.65 Å². The Hall–Kier alpha value is -2.37. The normalized spacial score (nSPS) is 16.4. The number of fused-ring (bicyclic) bond motifs is 1. The zero-order valence-corrected chi connectivity index (χ0v) is 15.7. The van der Waals surface area contributed by atoms with E-state index in [0.717, 1.165) is 56.3 Å². The molecule has 1 fully saturated rings. The molecule has 0 amide bonds. The predicted molar refractivity (Wildman–Crippen MR) is 107 cm³/mol. The molecule has 0 bridgehead atoms. The van der Waals surface area contributed by atoms with Gasteiger partial charge in [0.25, 0.3) is 0 Å². The van der Waals surface area contributed by atoms with E-state index in [9.17, 15) is 0 Å². The van der Waals surface area contributed by atoms with E-state index in [1.165, 1.54) is 16.8 Å². The number of nitrogens with zero attached hydrogens (tertiary/aromatic N) is 4. The van der Waals surface area contributed by atoms with Gasteiger partial charge in [-0.1, -0.05) is 36.8 Å². The van der Waals surface area contributed by atoms with Crippen molar-refractivity contribution in [3.05, 3.63) is 53.9 Å². The van der Waals surface area contributed by atoms with Crippen molar-refractivity contribution >= 4 is 11.3 Å². The summed E-state index contributed by atoms with van der Waals surface area (Å²) in [5, 5.41) is 0. The summed E-state index contributed by atoms with van der Waals surface area (Å²) >= 11 is 0. The lowest BCUT2D eigenvalue weighted by atomic mass is 10.1. The average molecular weight is 349 g/mol. The fourth-order valence-corrected chi connectivity index (χ4v) is 3.68. The second-order valence-corrected chi connectivity index (χ2v) is 7.17. The molecule has 26 heavy (non-hydrogen) atoms. The van der Waals surface area contributed by atoms with E-state index >= 15 is 0 Å². The van der Waals surface area contributed by atoms with Gasteiger partial charge in [0, 0.05) is 50.2 Å². The highest BCUT2D eigenvalue weighted by atomic mass is 15.3. The molecule has 4 rings (SSSR count). The number of nitrogens with two attached hydrogens (primary N) is 1. The number of aryl methyl sites for hydroxylation is 1. The predicted octanol–water partition coefficient (Wildman–Crippen LogP) is 3.03. The Bertz CT molecular complexity index is 889. The number of hydrogen-bond donors (Lipinski definition) is 1. The molecule has 1 saturated heterocycles. The summed E-state index contributed by atoms with van der Waals surface area (Å²) < 4.78 is 2.16. The number of anilines is 1. The SMILES string of the molecule is CCN1CCN(Cc2c(-c3ccc(C)cc3)nc3ccc(N)cn23)CC1. The fourth-order valence-electron chi connectivity index (χ4n) is 3.68. The summed E-state index contributed by atoms with van der Waals surface area (Å²) in [6.07, 6.45) is 2.00. The molecule has 2 aromatic heterocycles. The van der Waals surface area contributed by atoms with Gasteiger partial charge >= 0.3 is 0 Å². The molecular formula is C21H27N5. The standard InChI is InChI=1S/C21H27N5/c1-3-24-10-12-25(13-11-24)15-19-21(17-6-4-16(2)5-7-17)23-20-9-8-18(22)14-26(19)20/h4-9,14H,3,10-13,15,22H2,1-2H3. The number of nitrogen functional groups attached to an aromatic ring is 1. The van der Waals surface area contributed by atoms with Gasteiger partial charge in [-0.2, -0.15) is 0 Å². The van der Waals surface area contributed by atoms with E-state index in [1.54, 1.807) is 0 Å². The molecule has 0 radical (unpaired) electrons. The zero-order chi connectivity index (χ0) is 18.1. The minimum absolute atomic E-state index is 0.766. The van der Waals surface area contributed by atoms with Gasteiger partial charge in [0.05, 0.1) is 11.4 Å². The quantitative estimate of drug-likeness (QED) is 0.787. The van der Waals surface area contributed by atoms with Crippen LogP contribution in [0.3, 0.4) is 0 Å². The lowest BCUT2D eigenvalue weighted by Crippen LogP contribution is -2.45. The summed E-state index contributed by atoms with van der Waals surface area (Å²) in [5.74, 6) is 0. The first kappa shape index (κ1) is 17.1. The first-order valence-electron chi connectivity index (χ1n) is 9.42. The van der Waals surface area contributed by atoms with Gasteiger partial charge < -0.3 is 15.0 Å². The van der Waals surface area contributed by atoms with Crippen LogP contribution in [0.15, 0.2) is 42.6 Å². The van der Waals surface area contributed by atoms with Crippen LogP contribution in [0.5, 0.6) is 0 Å². The van der Waals surface area contributed by atoms with Crippen LogP contribution in [0.4, 0.5) is 5.69 Å². The molecule has 1 aliphatic heterocycles. The lowest BCUT2D eigenvalue weighted by Gasteiger charge is -2.34. The third-order valence-electron chi connectivity index (χ3n) is 5.35. The summed E-state index contributed by atoms with van der Waals surface area (Å²) in [6, 6.07) is 12.6. The monoisotopic (exact) mass is 349 g/mol. The Morgan fingerprint density at radius 3 is 2.35 bits per heavy atom. The van der Waals surface area contributed by atoms with Crippen LogP contribution in [0.2, 0.25) is 0 Å². The highest BCUT2D eigenvalue weighted by Crippen LogP contribution is 2.27. The molecule has 0 spiro atoms.